The lowest BCUT2D eigenvalue weighted by molar-refractivity contribution is -0.135. The number of nitrogens with zero attached hydrogens (tertiary/aromatic N) is 1. The van der Waals surface area contributed by atoms with Gasteiger partial charge in [-0.1, -0.05) is 19.1 Å². The summed E-state index contributed by atoms with van der Waals surface area (Å²) in [4.78, 5) is 26.7. The maximum Gasteiger partial charge on any atom is 0.261 e. The Bertz CT molecular complexity index is 850. The molecule has 1 aliphatic rings. The molecule has 0 aromatic heterocycles. The van der Waals surface area contributed by atoms with Crippen molar-refractivity contribution in [3.05, 3.63) is 53.6 Å². The molecule has 27 heavy (non-hydrogen) atoms. The summed E-state index contributed by atoms with van der Waals surface area (Å²) in [5, 5.41) is 2.89. The van der Waals surface area contributed by atoms with E-state index < -0.39 is 0 Å². The zero-order chi connectivity index (χ0) is 19.4. The van der Waals surface area contributed by atoms with Crippen LogP contribution >= 0.6 is 0 Å². The summed E-state index contributed by atoms with van der Waals surface area (Å²) < 4.78 is 10.9. The van der Waals surface area contributed by atoms with E-state index in [4.69, 9.17) is 9.47 Å². The molecule has 6 nitrogen and oxygen atoms in total. The monoisotopic (exact) mass is 368 g/mol. The van der Waals surface area contributed by atoms with Crippen molar-refractivity contribution in [1.82, 2.24) is 4.90 Å². The average molecular weight is 368 g/mol. The van der Waals surface area contributed by atoms with Crippen LogP contribution in [0.25, 0.3) is 0 Å². The van der Waals surface area contributed by atoms with Gasteiger partial charge in [0.05, 0.1) is 12.7 Å². The molecule has 1 N–H and O–H groups in total. The molecule has 1 heterocycles. The van der Waals surface area contributed by atoms with Crippen molar-refractivity contribution in [3.8, 4) is 11.5 Å². The summed E-state index contributed by atoms with van der Waals surface area (Å²) in [5.41, 5.74) is 1.98. The van der Waals surface area contributed by atoms with Gasteiger partial charge in [0, 0.05) is 23.8 Å². The number of rotatable bonds is 5. The Hall–Kier alpha value is -3.02. The van der Waals surface area contributed by atoms with Crippen LogP contribution in [0.15, 0.2) is 42.5 Å². The van der Waals surface area contributed by atoms with Gasteiger partial charge in [-0.25, -0.2) is 0 Å². The number of nitrogens with one attached hydrogen (secondary N) is 1. The molecule has 2 aromatic carbocycles. The first-order valence-electron chi connectivity index (χ1n) is 9.03. The molecule has 1 unspecified atom stereocenters. The number of para-hydroxylation sites is 1. The molecule has 0 aliphatic carbocycles. The van der Waals surface area contributed by atoms with Gasteiger partial charge in [-0.2, -0.15) is 0 Å². The second-order valence-electron chi connectivity index (χ2n) is 6.54. The minimum absolute atomic E-state index is 0.0276. The van der Waals surface area contributed by atoms with Gasteiger partial charge in [-0.15, -0.1) is 0 Å². The molecule has 0 saturated heterocycles. The first-order valence-corrected chi connectivity index (χ1v) is 9.03. The minimum atomic E-state index is -0.253. The largest absolute Gasteiger partial charge is 0.496 e. The molecule has 3 rings (SSSR count). The van der Waals surface area contributed by atoms with Crippen LogP contribution in [-0.4, -0.2) is 36.5 Å². The third-order valence-electron chi connectivity index (χ3n) is 4.81. The molecule has 0 saturated carbocycles. The Morgan fingerprint density at radius 1 is 1.30 bits per heavy atom. The van der Waals surface area contributed by atoms with Crippen molar-refractivity contribution < 1.29 is 19.1 Å². The number of methoxy groups -OCH3 is 1. The molecule has 0 fully saturated rings. The molecular formula is C21H24N2O4. The lowest BCUT2D eigenvalue weighted by Gasteiger charge is -2.26. The molecule has 6 heteroatoms. The highest BCUT2D eigenvalue weighted by Crippen LogP contribution is 2.28. The van der Waals surface area contributed by atoms with E-state index in [2.05, 4.69) is 12.2 Å². The standard InChI is InChI=1S/C21H24N2O4/c1-4-14(2)23-12-15-11-16(9-10-18(15)27-13-20(23)24)22-21(25)17-7-5-6-8-19(17)26-3/h5-11,14H,4,12-13H2,1-3H3,(H,22,25). The zero-order valence-electron chi connectivity index (χ0n) is 15.8. The van der Waals surface area contributed by atoms with E-state index in [1.54, 1.807) is 30.3 Å². The Morgan fingerprint density at radius 3 is 2.81 bits per heavy atom. The number of carbonyl (C=O) groups is 2. The Morgan fingerprint density at radius 2 is 2.07 bits per heavy atom. The van der Waals surface area contributed by atoms with Gasteiger partial charge in [0.2, 0.25) is 0 Å². The lowest BCUT2D eigenvalue weighted by atomic mass is 10.1. The molecular weight excluding hydrogens is 344 g/mol. The number of anilines is 1. The third-order valence-corrected chi connectivity index (χ3v) is 4.81. The van der Waals surface area contributed by atoms with E-state index in [1.807, 2.05) is 24.0 Å². The third kappa shape index (κ3) is 4.05. The summed E-state index contributed by atoms with van der Waals surface area (Å²) in [7, 11) is 1.53. The number of ether oxygens (including phenoxy) is 2. The predicted molar refractivity (Wildman–Crippen MR) is 103 cm³/mol. The average Bonchev–Trinajstić information content (AvgIpc) is 2.86. The van der Waals surface area contributed by atoms with Gasteiger partial charge >= 0.3 is 0 Å². The lowest BCUT2D eigenvalue weighted by Crippen LogP contribution is -2.39. The van der Waals surface area contributed by atoms with E-state index in [0.29, 0.717) is 29.3 Å². The summed E-state index contributed by atoms with van der Waals surface area (Å²) >= 11 is 0. The fourth-order valence-electron chi connectivity index (χ4n) is 3.07. The van der Waals surface area contributed by atoms with Crippen molar-refractivity contribution in [2.75, 3.05) is 19.0 Å². The first-order chi connectivity index (χ1) is 13.0. The topological polar surface area (TPSA) is 67.9 Å². The fraction of sp³-hybridized carbons (Fsp3) is 0.333. The molecule has 142 valence electrons. The quantitative estimate of drug-likeness (QED) is 0.877. The number of hydrogen-bond donors (Lipinski definition) is 1. The second-order valence-corrected chi connectivity index (χ2v) is 6.54. The Balaban J connectivity index is 1.83. The van der Waals surface area contributed by atoms with Crippen LogP contribution in [0, 0.1) is 0 Å². The van der Waals surface area contributed by atoms with Crippen molar-refractivity contribution in [1.29, 1.82) is 0 Å². The highest BCUT2D eigenvalue weighted by Gasteiger charge is 2.25. The number of amides is 2. The van der Waals surface area contributed by atoms with Crippen molar-refractivity contribution in [3.63, 3.8) is 0 Å². The molecule has 0 radical (unpaired) electrons. The zero-order valence-corrected chi connectivity index (χ0v) is 15.8. The first kappa shape index (κ1) is 18.8. The van der Waals surface area contributed by atoms with Gasteiger partial charge in [-0.05, 0) is 43.7 Å². The number of benzene rings is 2. The van der Waals surface area contributed by atoms with Crippen molar-refractivity contribution in [2.45, 2.75) is 32.9 Å². The summed E-state index contributed by atoms with van der Waals surface area (Å²) in [6, 6.07) is 12.6. The highest BCUT2D eigenvalue weighted by atomic mass is 16.5. The highest BCUT2D eigenvalue weighted by molar-refractivity contribution is 6.06. The van der Waals surface area contributed by atoms with Crippen LogP contribution in [0.2, 0.25) is 0 Å². The Kier molecular flexibility index (Phi) is 5.64. The normalized spacial score (nSPS) is 14.6. The molecule has 0 bridgehead atoms. The van der Waals surface area contributed by atoms with Crippen molar-refractivity contribution in [2.24, 2.45) is 0 Å². The van der Waals surface area contributed by atoms with Crippen LogP contribution in [0.1, 0.15) is 36.2 Å². The maximum atomic E-state index is 12.6. The van der Waals surface area contributed by atoms with Gasteiger partial charge in [0.15, 0.2) is 6.61 Å². The molecule has 1 aliphatic heterocycles. The molecule has 1 atom stereocenters. The van der Waals surface area contributed by atoms with E-state index in [0.717, 1.165) is 12.0 Å². The predicted octanol–water partition coefficient (Wildman–Crippen LogP) is 3.47. The van der Waals surface area contributed by atoms with Gasteiger partial charge in [0.1, 0.15) is 11.5 Å². The van der Waals surface area contributed by atoms with Crippen molar-refractivity contribution >= 4 is 17.5 Å². The van der Waals surface area contributed by atoms with Gasteiger partial charge in [-0.3, -0.25) is 9.59 Å². The van der Waals surface area contributed by atoms with E-state index in [-0.39, 0.29) is 24.5 Å². The minimum Gasteiger partial charge on any atom is -0.496 e. The number of fused-ring (bicyclic) bond motifs is 1. The summed E-state index contributed by atoms with van der Waals surface area (Å²) in [5.74, 6) is 0.906. The van der Waals surface area contributed by atoms with Crippen LogP contribution in [0.4, 0.5) is 5.69 Å². The van der Waals surface area contributed by atoms with E-state index in [9.17, 15) is 9.59 Å². The Labute approximate surface area is 159 Å². The SMILES string of the molecule is CCC(C)N1Cc2cc(NC(=O)c3ccccc3OC)ccc2OCC1=O. The second kappa shape index (κ2) is 8.12. The number of carbonyl (C=O) groups excluding carboxylic acids is 2. The van der Waals surface area contributed by atoms with Gasteiger partial charge in [0.25, 0.3) is 11.8 Å². The molecule has 2 amide bonds. The van der Waals surface area contributed by atoms with Gasteiger partial charge < -0.3 is 19.7 Å². The van der Waals surface area contributed by atoms with Crippen LogP contribution in [-0.2, 0) is 11.3 Å². The molecule has 2 aromatic rings. The fourth-order valence-corrected chi connectivity index (χ4v) is 3.07. The molecule has 0 spiro atoms. The van der Waals surface area contributed by atoms with E-state index in [1.165, 1.54) is 7.11 Å². The smallest absolute Gasteiger partial charge is 0.261 e. The van der Waals surface area contributed by atoms with Crippen LogP contribution in [0.5, 0.6) is 11.5 Å². The summed E-state index contributed by atoms with van der Waals surface area (Å²) in [6.45, 7) is 4.57. The summed E-state index contributed by atoms with van der Waals surface area (Å²) in [6.07, 6.45) is 0.866. The van der Waals surface area contributed by atoms with Crippen LogP contribution in [0.3, 0.4) is 0 Å². The van der Waals surface area contributed by atoms with Crippen LogP contribution < -0.4 is 14.8 Å². The van der Waals surface area contributed by atoms with E-state index >= 15 is 0 Å². The maximum absolute atomic E-state index is 12.6. The number of hydrogen-bond acceptors (Lipinski definition) is 4.